The van der Waals surface area contributed by atoms with Crippen molar-refractivity contribution in [2.75, 3.05) is 33.6 Å². The number of carbonyl (C=O) groups is 2. The number of hydrazone groups is 1. The molecule has 9 heteroatoms. The van der Waals surface area contributed by atoms with Crippen LogP contribution in [0, 0.1) is 11.7 Å². The minimum absolute atomic E-state index is 0.00818. The fraction of sp³-hybridized carbons (Fsp3) is 0.400. The van der Waals surface area contributed by atoms with Crippen LogP contribution in [0.4, 0.5) is 4.39 Å². The maximum Gasteiger partial charge on any atom is 0.262 e. The molecular weight excluding hydrogens is 441 g/mol. The molecule has 0 saturated heterocycles. The van der Waals surface area contributed by atoms with Crippen LogP contribution in [0.1, 0.15) is 36.4 Å². The van der Waals surface area contributed by atoms with Gasteiger partial charge in [-0.3, -0.25) is 9.59 Å². The lowest BCUT2D eigenvalue weighted by Crippen LogP contribution is -2.43. The molecule has 5 rings (SSSR count). The maximum atomic E-state index is 13.5. The van der Waals surface area contributed by atoms with Gasteiger partial charge in [-0.05, 0) is 48.2 Å². The average molecular weight is 467 g/mol. The lowest BCUT2D eigenvalue weighted by atomic mass is 9.98. The molecule has 0 unspecified atom stereocenters. The summed E-state index contributed by atoms with van der Waals surface area (Å²) in [5.74, 6) is 0.615. The number of fused-ring (bicyclic) bond motifs is 1. The van der Waals surface area contributed by atoms with Crippen molar-refractivity contribution < 1.29 is 28.2 Å². The lowest BCUT2D eigenvalue weighted by molar-refractivity contribution is -0.142. The van der Waals surface area contributed by atoms with Gasteiger partial charge < -0.3 is 19.1 Å². The van der Waals surface area contributed by atoms with Gasteiger partial charge in [0.25, 0.3) is 5.91 Å². The van der Waals surface area contributed by atoms with Gasteiger partial charge in [-0.1, -0.05) is 18.2 Å². The van der Waals surface area contributed by atoms with Crippen LogP contribution >= 0.6 is 0 Å². The van der Waals surface area contributed by atoms with E-state index in [9.17, 15) is 14.0 Å². The number of benzene rings is 2. The molecule has 2 aromatic carbocycles. The van der Waals surface area contributed by atoms with Crippen molar-refractivity contribution in [1.82, 2.24) is 9.91 Å². The van der Waals surface area contributed by atoms with E-state index < -0.39 is 0 Å². The number of halogens is 1. The van der Waals surface area contributed by atoms with Crippen molar-refractivity contribution in [1.29, 1.82) is 0 Å². The van der Waals surface area contributed by atoms with E-state index in [0.29, 0.717) is 36.8 Å². The summed E-state index contributed by atoms with van der Waals surface area (Å²) in [5, 5.41) is 6.07. The van der Waals surface area contributed by atoms with Gasteiger partial charge in [0.15, 0.2) is 11.5 Å². The van der Waals surface area contributed by atoms with Gasteiger partial charge in [0.1, 0.15) is 12.4 Å². The highest BCUT2D eigenvalue weighted by molar-refractivity contribution is 6.03. The van der Waals surface area contributed by atoms with Crippen molar-refractivity contribution in [3.8, 4) is 11.5 Å². The quantitative estimate of drug-likeness (QED) is 0.596. The molecule has 2 aromatic rings. The molecule has 1 saturated carbocycles. The Hall–Kier alpha value is -3.46. The molecule has 2 amide bonds. The molecule has 178 valence electrons. The highest BCUT2D eigenvalue weighted by Crippen LogP contribution is 2.39. The van der Waals surface area contributed by atoms with Crippen LogP contribution in [0.15, 0.2) is 47.6 Å². The van der Waals surface area contributed by atoms with Gasteiger partial charge in [-0.2, -0.15) is 5.10 Å². The minimum atomic E-state index is -0.387. The number of hydrogen-bond acceptors (Lipinski definition) is 6. The number of methoxy groups -OCH3 is 1. The molecule has 0 radical (unpaired) electrons. The SMILES string of the molecule is COCCN(CC(=O)N1N=C(c2ccc(F)cc2)C[C@H]1c1ccc2c(c1)OCO2)C(=O)C1CC1. The molecule has 1 atom stereocenters. The third kappa shape index (κ3) is 4.61. The van der Waals surface area contributed by atoms with Crippen molar-refractivity contribution in [2.24, 2.45) is 11.0 Å². The summed E-state index contributed by atoms with van der Waals surface area (Å²) in [6.45, 7) is 0.761. The minimum Gasteiger partial charge on any atom is -0.454 e. The number of rotatable bonds is 8. The van der Waals surface area contributed by atoms with Crippen LogP contribution in [0.2, 0.25) is 0 Å². The van der Waals surface area contributed by atoms with Crippen molar-refractivity contribution in [2.45, 2.75) is 25.3 Å². The fourth-order valence-electron chi connectivity index (χ4n) is 4.23. The van der Waals surface area contributed by atoms with Crippen molar-refractivity contribution in [3.05, 3.63) is 59.4 Å². The Bertz CT molecular complexity index is 1120. The summed E-state index contributed by atoms with van der Waals surface area (Å²) >= 11 is 0. The Kier molecular flexibility index (Phi) is 6.19. The molecule has 34 heavy (non-hydrogen) atoms. The molecule has 8 nitrogen and oxygen atoms in total. The molecule has 3 aliphatic rings. The van der Waals surface area contributed by atoms with E-state index in [0.717, 1.165) is 24.0 Å². The summed E-state index contributed by atoms with van der Waals surface area (Å²) < 4.78 is 29.5. The molecule has 2 heterocycles. The second-order valence-electron chi connectivity index (χ2n) is 8.65. The third-order valence-corrected chi connectivity index (χ3v) is 6.25. The Labute approximate surface area is 196 Å². The zero-order valence-corrected chi connectivity index (χ0v) is 18.9. The van der Waals surface area contributed by atoms with Gasteiger partial charge >= 0.3 is 0 Å². The van der Waals surface area contributed by atoms with Crippen LogP contribution in [0.5, 0.6) is 11.5 Å². The lowest BCUT2D eigenvalue weighted by Gasteiger charge is -2.27. The zero-order valence-electron chi connectivity index (χ0n) is 18.9. The molecule has 1 fully saturated rings. The van der Waals surface area contributed by atoms with E-state index in [1.165, 1.54) is 17.1 Å². The summed E-state index contributed by atoms with van der Waals surface area (Å²) in [4.78, 5) is 27.8. The van der Waals surface area contributed by atoms with Crippen molar-refractivity contribution in [3.63, 3.8) is 0 Å². The first-order chi connectivity index (χ1) is 16.5. The Morgan fingerprint density at radius 1 is 1.15 bits per heavy atom. The highest BCUT2D eigenvalue weighted by Gasteiger charge is 2.38. The summed E-state index contributed by atoms with van der Waals surface area (Å²) in [7, 11) is 1.57. The normalized spacial score (nSPS) is 18.7. The standard InChI is InChI=1S/C25H26FN3O5/c1-32-11-10-28(25(31)17-2-3-17)14-24(30)29-21(18-6-9-22-23(12-18)34-15-33-22)13-20(27-29)16-4-7-19(26)8-5-16/h4-9,12,17,21H,2-3,10-11,13-15H2,1H3/t21-/m0/s1. The highest BCUT2D eigenvalue weighted by atomic mass is 19.1. The summed E-state index contributed by atoms with van der Waals surface area (Å²) in [5.41, 5.74) is 2.26. The smallest absolute Gasteiger partial charge is 0.262 e. The Morgan fingerprint density at radius 2 is 1.91 bits per heavy atom. The van der Waals surface area contributed by atoms with Gasteiger partial charge in [0.05, 0.1) is 18.4 Å². The molecule has 0 spiro atoms. The second-order valence-corrected chi connectivity index (χ2v) is 8.65. The molecule has 0 N–H and O–H groups in total. The van der Waals surface area contributed by atoms with Gasteiger partial charge in [0.2, 0.25) is 12.7 Å². The predicted octanol–water partition coefficient (Wildman–Crippen LogP) is 3.12. The van der Waals surface area contributed by atoms with E-state index >= 15 is 0 Å². The Morgan fingerprint density at radius 3 is 2.65 bits per heavy atom. The van der Waals surface area contributed by atoms with Gasteiger partial charge in [-0.25, -0.2) is 9.40 Å². The van der Waals surface area contributed by atoms with Crippen LogP contribution in [0.3, 0.4) is 0 Å². The second kappa shape index (κ2) is 9.42. The van der Waals surface area contributed by atoms with Crippen molar-refractivity contribution >= 4 is 17.5 Å². The summed E-state index contributed by atoms with van der Waals surface area (Å²) in [6.07, 6.45) is 2.16. The van der Waals surface area contributed by atoms with E-state index in [1.807, 2.05) is 18.2 Å². The van der Waals surface area contributed by atoms with Crippen LogP contribution in [-0.4, -0.2) is 61.0 Å². The number of carbonyl (C=O) groups excluding carboxylic acids is 2. The summed E-state index contributed by atoms with van der Waals surface area (Å²) in [6, 6.07) is 11.2. The van der Waals surface area contributed by atoms with E-state index in [1.54, 1.807) is 24.1 Å². The van der Waals surface area contributed by atoms with Crippen LogP contribution < -0.4 is 9.47 Å². The topological polar surface area (TPSA) is 80.7 Å². The number of amides is 2. The maximum absolute atomic E-state index is 13.5. The Balaban J connectivity index is 1.42. The molecule has 0 aromatic heterocycles. The number of ether oxygens (including phenoxy) is 3. The molecule has 0 bridgehead atoms. The number of nitrogens with zero attached hydrogens (tertiary/aromatic N) is 3. The molecule has 2 aliphatic heterocycles. The van der Waals surface area contributed by atoms with E-state index in [2.05, 4.69) is 5.10 Å². The zero-order chi connectivity index (χ0) is 23.7. The monoisotopic (exact) mass is 467 g/mol. The largest absolute Gasteiger partial charge is 0.454 e. The fourth-order valence-corrected chi connectivity index (χ4v) is 4.23. The molecule has 1 aliphatic carbocycles. The van der Waals surface area contributed by atoms with E-state index in [4.69, 9.17) is 14.2 Å². The van der Waals surface area contributed by atoms with Crippen LogP contribution in [0.25, 0.3) is 0 Å². The molecular formula is C25H26FN3O5. The van der Waals surface area contributed by atoms with Gasteiger partial charge in [-0.15, -0.1) is 0 Å². The number of hydrogen-bond donors (Lipinski definition) is 0. The first-order valence-corrected chi connectivity index (χ1v) is 11.4. The third-order valence-electron chi connectivity index (χ3n) is 6.25. The first-order valence-electron chi connectivity index (χ1n) is 11.4. The predicted molar refractivity (Wildman–Crippen MR) is 121 cm³/mol. The van der Waals surface area contributed by atoms with E-state index in [-0.39, 0.29) is 42.9 Å². The first kappa shape index (κ1) is 22.3. The average Bonchev–Trinajstić information content (AvgIpc) is 3.42. The van der Waals surface area contributed by atoms with Crippen LogP contribution in [-0.2, 0) is 14.3 Å². The van der Waals surface area contributed by atoms with Gasteiger partial charge in [0, 0.05) is 26.0 Å².